The SMILES string of the molecule is Cc1nc2c(c(-c3ccc(Cl)cc3Cl)c1CN)C(=O)N(CCC(=O)OC(C)(C)C)C2. The van der Waals surface area contributed by atoms with Crippen LogP contribution in [0.1, 0.15) is 54.5 Å². The summed E-state index contributed by atoms with van der Waals surface area (Å²) in [6, 6.07) is 5.15. The molecule has 0 atom stereocenters. The van der Waals surface area contributed by atoms with Crippen LogP contribution in [0.3, 0.4) is 0 Å². The Labute approximate surface area is 186 Å². The molecule has 8 heteroatoms. The lowest BCUT2D eigenvalue weighted by molar-refractivity contribution is -0.155. The number of benzene rings is 1. The monoisotopic (exact) mass is 449 g/mol. The number of hydrogen-bond donors (Lipinski definition) is 1. The van der Waals surface area contributed by atoms with E-state index in [0.717, 1.165) is 11.3 Å². The molecule has 30 heavy (non-hydrogen) atoms. The number of halogens is 2. The van der Waals surface area contributed by atoms with Gasteiger partial charge in [-0.05, 0) is 45.4 Å². The molecule has 1 aliphatic heterocycles. The van der Waals surface area contributed by atoms with E-state index >= 15 is 0 Å². The number of rotatable bonds is 5. The van der Waals surface area contributed by atoms with Crippen molar-refractivity contribution in [1.29, 1.82) is 0 Å². The third-order valence-corrected chi connectivity index (χ3v) is 5.38. The molecule has 2 heterocycles. The zero-order valence-electron chi connectivity index (χ0n) is 17.5. The number of pyridine rings is 1. The van der Waals surface area contributed by atoms with Crippen LogP contribution in [-0.4, -0.2) is 33.9 Å². The first kappa shape index (κ1) is 22.5. The zero-order valence-corrected chi connectivity index (χ0v) is 19.0. The molecule has 0 bridgehead atoms. The van der Waals surface area contributed by atoms with E-state index in [2.05, 4.69) is 4.98 Å². The Morgan fingerprint density at radius 2 is 1.97 bits per heavy atom. The molecule has 3 rings (SSSR count). The fourth-order valence-corrected chi connectivity index (χ4v) is 4.10. The maximum absolute atomic E-state index is 13.3. The number of carbonyl (C=O) groups excluding carboxylic acids is 2. The number of hydrogen-bond acceptors (Lipinski definition) is 5. The molecule has 0 aliphatic carbocycles. The van der Waals surface area contributed by atoms with Gasteiger partial charge in [0.15, 0.2) is 0 Å². The molecule has 1 aliphatic rings. The van der Waals surface area contributed by atoms with E-state index in [4.69, 9.17) is 33.7 Å². The molecule has 1 aromatic heterocycles. The number of amides is 1. The van der Waals surface area contributed by atoms with Gasteiger partial charge in [-0.2, -0.15) is 0 Å². The van der Waals surface area contributed by atoms with Crippen molar-refractivity contribution in [2.75, 3.05) is 6.54 Å². The number of ether oxygens (including phenoxy) is 1. The van der Waals surface area contributed by atoms with E-state index in [9.17, 15) is 9.59 Å². The predicted molar refractivity (Wildman–Crippen MR) is 118 cm³/mol. The maximum Gasteiger partial charge on any atom is 0.308 e. The van der Waals surface area contributed by atoms with E-state index in [1.807, 2.05) is 27.7 Å². The van der Waals surface area contributed by atoms with Crippen LogP contribution in [0.25, 0.3) is 11.1 Å². The standard InChI is InChI=1S/C22H25Cl2N3O3/c1-12-15(10-25)19(14-6-5-13(23)9-16(14)24)20-17(26-12)11-27(21(20)29)8-7-18(28)30-22(2,3)4/h5-6,9H,7-8,10-11,25H2,1-4H3. The first-order chi connectivity index (χ1) is 14.0. The summed E-state index contributed by atoms with van der Waals surface area (Å²) in [5.41, 5.74) is 9.46. The van der Waals surface area contributed by atoms with Crippen molar-refractivity contribution in [2.45, 2.75) is 52.8 Å². The van der Waals surface area contributed by atoms with E-state index in [1.165, 1.54) is 0 Å². The first-order valence-corrected chi connectivity index (χ1v) is 10.5. The van der Waals surface area contributed by atoms with E-state index in [-0.39, 0.29) is 31.4 Å². The second-order valence-electron chi connectivity index (χ2n) is 8.26. The van der Waals surface area contributed by atoms with Gasteiger partial charge in [-0.25, -0.2) is 0 Å². The number of nitrogens with zero attached hydrogens (tertiary/aromatic N) is 2. The van der Waals surface area contributed by atoms with E-state index < -0.39 is 5.60 Å². The normalized spacial score (nSPS) is 13.6. The molecule has 0 fully saturated rings. The molecular formula is C22H25Cl2N3O3. The smallest absolute Gasteiger partial charge is 0.308 e. The molecule has 6 nitrogen and oxygen atoms in total. The lowest BCUT2D eigenvalue weighted by Gasteiger charge is -2.21. The van der Waals surface area contributed by atoms with Crippen molar-refractivity contribution in [3.63, 3.8) is 0 Å². The van der Waals surface area contributed by atoms with Gasteiger partial charge in [0, 0.05) is 40.0 Å². The van der Waals surface area contributed by atoms with Gasteiger partial charge in [0.05, 0.1) is 24.2 Å². The molecule has 1 amide bonds. The highest BCUT2D eigenvalue weighted by Crippen LogP contribution is 2.39. The lowest BCUT2D eigenvalue weighted by atomic mass is 9.93. The minimum atomic E-state index is -0.567. The van der Waals surface area contributed by atoms with Gasteiger partial charge in [-0.3, -0.25) is 14.6 Å². The average Bonchev–Trinajstić information content (AvgIpc) is 2.93. The van der Waals surface area contributed by atoms with Crippen molar-refractivity contribution in [2.24, 2.45) is 5.73 Å². The predicted octanol–water partition coefficient (Wildman–Crippen LogP) is 4.51. The second kappa shape index (κ2) is 8.53. The maximum atomic E-state index is 13.3. The number of esters is 1. The Hall–Kier alpha value is -2.15. The average molecular weight is 450 g/mol. The third-order valence-electron chi connectivity index (χ3n) is 4.83. The van der Waals surface area contributed by atoms with Crippen LogP contribution in [0.2, 0.25) is 10.0 Å². The van der Waals surface area contributed by atoms with Crippen LogP contribution in [-0.2, 0) is 22.6 Å². The van der Waals surface area contributed by atoms with Gasteiger partial charge in [0.1, 0.15) is 5.60 Å². The molecule has 0 unspecified atom stereocenters. The van der Waals surface area contributed by atoms with Crippen LogP contribution < -0.4 is 5.73 Å². The molecule has 2 aromatic rings. The quantitative estimate of drug-likeness (QED) is 0.678. The highest BCUT2D eigenvalue weighted by atomic mass is 35.5. The van der Waals surface area contributed by atoms with Crippen molar-refractivity contribution in [3.05, 3.63) is 50.8 Å². The lowest BCUT2D eigenvalue weighted by Crippen LogP contribution is -2.30. The van der Waals surface area contributed by atoms with Crippen molar-refractivity contribution < 1.29 is 14.3 Å². The number of nitrogens with two attached hydrogens (primary N) is 1. The summed E-state index contributed by atoms with van der Waals surface area (Å²) in [7, 11) is 0. The molecular weight excluding hydrogens is 425 g/mol. The summed E-state index contributed by atoms with van der Waals surface area (Å²) in [5, 5.41) is 0.941. The summed E-state index contributed by atoms with van der Waals surface area (Å²) in [6.07, 6.45) is 0.108. The minimum Gasteiger partial charge on any atom is -0.460 e. The number of aromatic nitrogens is 1. The minimum absolute atomic E-state index is 0.108. The largest absolute Gasteiger partial charge is 0.460 e. The molecule has 0 radical (unpaired) electrons. The summed E-state index contributed by atoms with van der Waals surface area (Å²) in [6.45, 7) is 8.08. The van der Waals surface area contributed by atoms with E-state index in [1.54, 1.807) is 23.1 Å². The Morgan fingerprint density at radius 3 is 2.57 bits per heavy atom. The third kappa shape index (κ3) is 4.61. The van der Waals surface area contributed by atoms with Crippen LogP contribution in [0.15, 0.2) is 18.2 Å². The van der Waals surface area contributed by atoms with Crippen molar-refractivity contribution in [3.8, 4) is 11.1 Å². The number of fused-ring (bicyclic) bond motifs is 1. The summed E-state index contributed by atoms with van der Waals surface area (Å²) in [4.78, 5) is 31.6. The highest BCUT2D eigenvalue weighted by Gasteiger charge is 2.34. The molecule has 0 saturated heterocycles. The van der Waals surface area contributed by atoms with Gasteiger partial charge < -0.3 is 15.4 Å². The Kier molecular flexibility index (Phi) is 6.41. The van der Waals surface area contributed by atoms with Gasteiger partial charge in [0.2, 0.25) is 0 Å². The summed E-state index contributed by atoms with van der Waals surface area (Å²) in [5.74, 6) is -0.546. The Balaban J connectivity index is 1.97. The highest BCUT2D eigenvalue weighted by molar-refractivity contribution is 6.36. The molecule has 160 valence electrons. The van der Waals surface area contributed by atoms with Crippen LogP contribution >= 0.6 is 23.2 Å². The fraction of sp³-hybridized carbons (Fsp3) is 0.409. The molecule has 2 N–H and O–H groups in total. The van der Waals surface area contributed by atoms with Gasteiger partial charge in [-0.1, -0.05) is 29.3 Å². The van der Waals surface area contributed by atoms with Crippen LogP contribution in [0.4, 0.5) is 0 Å². The second-order valence-corrected chi connectivity index (χ2v) is 9.11. The molecule has 0 saturated carbocycles. The topological polar surface area (TPSA) is 85.5 Å². The summed E-state index contributed by atoms with van der Waals surface area (Å²) < 4.78 is 5.35. The van der Waals surface area contributed by atoms with Gasteiger partial charge >= 0.3 is 5.97 Å². The van der Waals surface area contributed by atoms with Gasteiger partial charge in [0.25, 0.3) is 5.91 Å². The first-order valence-electron chi connectivity index (χ1n) is 9.70. The summed E-state index contributed by atoms with van der Waals surface area (Å²) >= 11 is 12.5. The molecule has 1 aromatic carbocycles. The number of aryl methyl sites for hydroxylation is 1. The van der Waals surface area contributed by atoms with Crippen molar-refractivity contribution >= 4 is 35.1 Å². The van der Waals surface area contributed by atoms with Gasteiger partial charge in [-0.15, -0.1) is 0 Å². The van der Waals surface area contributed by atoms with Crippen LogP contribution in [0, 0.1) is 6.92 Å². The number of carbonyl (C=O) groups is 2. The Bertz CT molecular complexity index is 1020. The molecule has 0 spiro atoms. The fourth-order valence-electron chi connectivity index (χ4n) is 3.60. The zero-order chi connectivity index (χ0) is 22.2. The Morgan fingerprint density at radius 1 is 1.27 bits per heavy atom. The van der Waals surface area contributed by atoms with Crippen molar-refractivity contribution in [1.82, 2.24) is 9.88 Å². The van der Waals surface area contributed by atoms with Crippen LogP contribution in [0.5, 0.6) is 0 Å². The van der Waals surface area contributed by atoms with E-state index in [0.29, 0.717) is 39.0 Å².